The van der Waals surface area contributed by atoms with Crippen LogP contribution in [0.15, 0.2) is 29.3 Å². The second-order valence-electron chi connectivity index (χ2n) is 5.96. The Morgan fingerprint density at radius 2 is 2.00 bits per heavy atom. The van der Waals surface area contributed by atoms with E-state index in [0.717, 1.165) is 56.2 Å². The van der Waals surface area contributed by atoms with Crippen LogP contribution in [0.3, 0.4) is 0 Å². The summed E-state index contributed by atoms with van der Waals surface area (Å²) in [7, 11) is 0. The van der Waals surface area contributed by atoms with Crippen molar-refractivity contribution in [2.75, 3.05) is 32.0 Å². The molecule has 1 atom stereocenters. The first kappa shape index (κ1) is 25.5. The quantitative estimate of drug-likeness (QED) is 0.177. The molecule has 7 heteroatoms. The van der Waals surface area contributed by atoms with Crippen LogP contribution in [0.25, 0.3) is 0 Å². The summed E-state index contributed by atoms with van der Waals surface area (Å²) in [5, 5.41) is 15.7. The molecule has 0 aromatic heterocycles. The summed E-state index contributed by atoms with van der Waals surface area (Å²) >= 11 is 1.70. The van der Waals surface area contributed by atoms with Crippen LogP contribution in [0.5, 0.6) is 0 Å². The molecular formula is C19H33FIN3OS. The number of nitrogens with zero attached hydrogens (tertiary/aromatic N) is 1. The first-order chi connectivity index (χ1) is 12.2. The molecule has 3 N–H and O–H groups in total. The van der Waals surface area contributed by atoms with Gasteiger partial charge in [0.2, 0.25) is 0 Å². The largest absolute Gasteiger partial charge is 0.396 e. The minimum atomic E-state index is -0.135. The van der Waals surface area contributed by atoms with Crippen LogP contribution in [-0.4, -0.2) is 43.1 Å². The molecule has 0 heterocycles. The van der Waals surface area contributed by atoms with E-state index in [4.69, 9.17) is 5.11 Å². The summed E-state index contributed by atoms with van der Waals surface area (Å²) < 4.78 is 13.6. The summed E-state index contributed by atoms with van der Waals surface area (Å²) in [4.78, 5) is 4.63. The molecule has 0 aliphatic rings. The van der Waals surface area contributed by atoms with Gasteiger partial charge < -0.3 is 15.7 Å². The van der Waals surface area contributed by atoms with Crippen molar-refractivity contribution in [3.05, 3.63) is 35.6 Å². The molecule has 4 nitrogen and oxygen atoms in total. The minimum absolute atomic E-state index is 0. The van der Waals surface area contributed by atoms with Crippen molar-refractivity contribution in [1.29, 1.82) is 0 Å². The van der Waals surface area contributed by atoms with E-state index in [1.165, 1.54) is 6.07 Å². The Hall–Kier alpha value is -0.540. The maximum absolute atomic E-state index is 13.6. The molecule has 1 unspecified atom stereocenters. The highest BCUT2D eigenvalue weighted by molar-refractivity contribution is 14.0. The Morgan fingerprint density at radius 3 is 2.65 bits per heavy atom. The monoisotopic (exact) mass is 497 g/mol. The Morgan fingerprint density at radius 1 is 1.23 bits per heavy atom. The highest BCUT2D eigenvalue weighted by Gasteiger charge is 2.07. The van der Waals surface area contributed by atoms with Gasteiger partial charge in [0.1, 0.15) is 5.82 Å². The SMILES string of the molecule is CCCC(CCO)CN=C(NCC)NCCSCc1ccccc1F.I. The van der Waals surface area contributed by atoms with E-state index in [0.29, 0.717) is 11.7 Å². The average molecular weight is 497 g/mol. The molecule has 1 aromatic rings. The summed E-state index contributed by atoms with van der Waals surface area (Å²) in [6.45, 7) is 6.74. The first-order valence-electron chi connectivity index (χ1n) is 9.15. The number of benzene rings is 1. The molecule has 0 saturated heterocycles. The van der Waals surface area contributed by atoms with Crippen molar-refractivity contribution in [2.45, 2.75) is 38.9 Å². The van der Waals surface area contributed by atoms with Crippen LogP contribution in [0.4, 0.5) is 4.39 Å². The van der Waals surface area contributed by atoms with Crippen LogP contribution < -0.4 is 10.6 Å². The van der Waals surface area contributed by atoms with Gasteiger partial charge in [-0.15, -0.1) is 24.0 Å². The Labute approximate surface area is 178 Å². The number of hydrogen-bond acceptors (Lipinski definition) is 3. The molecule has 0 fully saturated rings. The van der Waals surface area contributed by atoms with Crippen molar-refractivity contribution in [2.24, 2.45) is 10.9 Å². The van der Waals surface area contributed by atoms with Crippen molar-refractivity contribution in [1.82, 2.24) is 10.6 Å². The van der Waals surface area contributed by atoms with E-state index in [1.807, 2.05) is 19.1 Å². The summed E-state index contributed by atoms with van der Waals surface area (Å²) in [6, 6.07) is 6.92. The number of aliphatic hydroxyl groups is 1. The molecule has 0 spiro atoms. The van der Waals surface area contributed by atoms with Gasteiger partial charge in [0.05, 0.1) is 0 Å². The second-order valence-corrected chi connectivity index (χ2v) is 7.06. The maximum Gasteiger partial charge on any atom is 0.191 e. The molecule has 0 radical (unpaired) electrons. The van der Waals surface area contributed by atoms with E-state index in [2.05, 4.69) is 22.5 Å². The zero-order valence-electron chi connectivity index (χ0n) is 15.8. The normalized spacial score (nSPS) is 12.4. The average Bonchev–Trinajstić information content (AvgIpc) is 2.61. The molecule has 1 aromatic carbocycles. The minimum Gasteiger partial charge on any atom is -0.396 e. The molecule has 0 bridgehead atoms. The number of hydrogen-bond donors (Lipinski definition) is 3. The van der Waals surface area contributed by atoms with Crippen molar-refractivity contribution in [3.8, 4) is 0 Å². The lowest BCUT2D eigenvalue weighted by Crippen LogP contribution is -2.38. The Bertz CT molecular complexity index is 499. The lowest BCUT2D eigenvalue weighted by molar-refractivity contribution is 0.253. The number of nitrogens with one attached hydrogen (secondary N) is 2. The third-order valence-electron chi connectivity index (χ3n) is 3.84. The summed E-state index contributed by atoms with van der Waals surface area (Å²) in [6.07, 6.45) is 2.99. The molecule has 0 aliphatic carbocycles. The highest BCUT2D eigenvalue weighted by Crippen LogP contribution is 2.14. The zero-order chi connectivity index (χ0) is 18.3. The molecule has 26 heavy (non-hydrogen) atoms. The standard InChI is InChI=1S/C19H32FN3OS.HI/c1-3-7-16(10-12-24)14-23-19(21-4-2)22-11-13-25-15-17-8-5-6-9-18(17)20;/h5-6,8-9,16,24H,3-4,7,10-15H2,1-2H3,(H2,21,22,23);1H. The van der Waals surface area contributed by atoms with Crippen LogP contribution in [-0.2, 0) is 5.75 Å². The van der Waals surface area contributed by atoms with E-state index in [9.17, 15) is 4.39 Å². The number of halogens is 2. The van der Waals surface area contributed by atoms with Gasteiger partial charge in [-0.1, -0.05) is 31.5 Å². The van der Waals surface area contributed by atoms with Crippen LogP contribution in [0, 0.1) is 11.7 Å². The topological polar surface area (TPSA) is 56.7 Å². The smallest absolute Gasteiger partial charge is 0.191 e. The Balaban J connectivity index is 0.00000625. The highest BCUT2D eigenvalue weighted by atomic mass is 127. The van der Waals surface area contributed by atoms with E-state index < -0.39 is 0 Å². The molecular weight excluding hydrogens is 464 g/mol. The van der Waals surface area contributed by atoms with Gasteiger partial charge >= 0.3 is 0 Å². The van der Waals surface area contributed by atoms with E-state index >= 15 is 0 Å². The van der Waals surface area contributed by atoms with Gasteiger partial charge in [-0.25, -0.2) is 4.39 Å². The molecule has 150 valence electrons. The lowest BCUT2D eigenvalue weighted by Gasteiger charge is -2.15. The fraction of sp³-hybridized carbons (Fsp3) is 0.632. The molecule has 0 saturated carbocycles. The van der Waals surface area contributed by atoms with Gasteiger partial charge in [0.25, 0.3) is 0 Å². The van der Waals surface area contributed by atoms with Gasteiger partial charge in [-0.3, -0.25) is 4.99 Å². The van der Waals surface area contributed by atoms with Crippen LogP contribution in [0.1, 0.15) is 38.7 Å². The van der Waals surface area contributed by atoms with Gasteiger partial charge in [0.15, 0.2) is 5.96 Å². The van der Waals surface area contributed by atoms with Gasteiger partial charge in [-0.2, -0.15) is 11.8 Å². The number of aliphatic imine (C=N–C) groups is 1. The second kappa shape index (κ2) is 16.6. The molecule has 1 rings (SSSR count). The summed E-state index contributed by atoms with van der Waals surface area (Å²) in [5.74, 6) is 2.67. The van der Waals surface area contributed by atoms with E-state index in [-0.39, 0.29) is 36.4 Å². The first-order valence-corrected chi connectivity index (χ1v) is 10.3. The maximum atomic E-state index is 13.6. The van der Waals surface area contributed by atoms with Crippen LogP contribution >= 0.6 is 35.7 Å². The zero-order valence-corrected chi connectivity index (χ0v) is 19.0. The third kappa shape index (κ3) is 11.2. The Kier molecular flexibility index (Phi) is 16.3. The summed E-state index contributed by atoms with van der Waals surface area (Å²) in [5.41, 5.74) is 0.750. The molecule has 0 aliphatic heterocycles. The number of rotatable bonds is 12. The van der Waals surface area contributed by atoms with Gasteiger partial charge in [0, 0.05) is 37.7 Å². The number of guanidine groups is 1. The fourth-order valence-corrected chi connectivity index (χ4v) is 3.36. The number of aliphatic hydroxyl groups excluding tert-OH is 1. The number of thioether (sulfide) groups is 1. The van der Waals surface area contributed by atoms with Crippen molar-refractivity contribution < 1.29 is 9.50 Å². The van der Waals surface area contributed by atoms with Crippen molar-refractivity contribution >= 4 is 41.7 Å². The predicted octanol–water partition coefficient (Wildman–Crippen LogP) is 4.03. The van der Waals surface area contributed by atoms with Crippen molar-refractivity contribution in [3.63, 3.8) is 0 Å². The molecule has 0 amide bonds. The van der Waals surface area contributed by atoms with Gasteiger partial charge in [-0.05, 0) is 37.3 Å². The predicted molar refractivity (Wildman–Crippen MR) is 122 cm³/mol. The van der Waals surface area contributed by atoms with Crippen LogP contribution in [0.2, 0.25) is 0 Å². The third-order valence-corrected chi connectivity index (χ3v) is 4.85. The van der Waals surface area contributed by atoms with E-state index in [1.54, 1.807) is 17.8 Å². The lowest BCUT2D eigenvalue weighted by atomic mass is 10.0. The fourth-order valence-electron chi connectivity index (χ4n) is 2.52.